The predicted molar refractivity (Wildman–Crippen MR) is 146 cm³/mol. The molecule has 0 aliphatic carbocycles. The predicted octanol–water partition coefficient (Wildman–Crippen LogP) is 1.83. The molecule has 3 saturated heterocycles. The monoisotopic (exact) mass is 540 g/mol. The molecule has 11 nitrogen and oxygen atoms in total. The van der Waals surface area contributed by atoms with Gasteiger partial charge in [-0.1, -0.05) is 12.1 Å². The Bertz CT molecular complexity index is 1310. The van der Waals surface area contributed by atoms with Gasteiger partial charge in [0.2, 0.25) is 11.8 Å². The van der Waals surface area contributed by atoms with E-state index < -0.39 is 17.6 Å². The summed E-state index contributed by atoms with van der Waals surface area (Å²) in [6.07, 6.45) is 2.24. The summed E-state index contributed by atoms with van der Waals surface area (Å²) in [5, 5.41) is 2.37. The SMILES string of the molecule is Cn1c(=O)n(C2CCC(=O)NC2=O)c2cccc(CN3CCN(C4CCN(C(=O)OC(C)(C)C)CC4)CC3)c21. The lowest BCUT2D eigenvalue weighted by atomic mass is 10.0. The van der Waals surface area contributed by atoms with Crippen molar-refractivity contribution in [2.45, 2.75) is 70.7 Å². The highest BCUT2D eigenvalue weighted by atomic mass is 16.6. The van der Waals surface area contributed by atoms with Crippen LogP contribution in [0, 0.1) is 0 Å². The molecule has 39 heavy (non-hydrogen) atoms. The Kier molecular flexibility index (Phi) is 7.56. The zero-order chi connectivity index (χ0) is 27.9. The third-order valence-corrected chi connectivity index (χ3v) is 8.14. The molecule has 3 aliphatic heterocycles. The lowest BCUT2D eigenvalue weighted by Gasteiger charge is -2.42. The number of carbonyl (C=O) groups is 3. The van der Waals surface area contributed by atoms with Crippen molar-refractivity contribution in [2.24, 2.45) is 7.05 Å². The van der Waals surface area contributed by atoms with Crippen LogP contribution in [0.2, 0.25) is 0 Å². The van der Waals surface area contributed by atoms with E-state index in [-0.39, 0.29) is 24.1 Å². The molecule has 0 spiro atoms. The molecule has 212 valence electrons. The van der Waals surface area contributed by atoms with Gasteiger partial charge >= 0.3 is 11.8 Å². The van der Waals surface area contributed by atoms with Crippen molar-refractivity contribution in [3.8, 4) is 0 Å². The van der Waals surface area contributed by atoms with Crippen molar-refractivity contribution >= 4 is 28.9 Å². The van der Waals surface area contributed by atoms with Crippen LogP contribution >= 0.6 is 0 Å². The van der Waals surface area contributed by atoms with Gasteiger partial charge in [0.05, 0.1) is 11.0 Å². The number of para-hydroxylation sites is 1. The van der Waals surface area contributed by atoms with E-state index in [2.05, 4.69) is 21.2 Å². The molecule has 1 unspecified atom stereocenters. The van der Waals surface area contributed by atoms with Crippen LogP contribution in [0.1, 0.15) is 58.1 Å². The van der Waals surface area contributed by atoms with Gasteiger partial charge in [-0.05, 0) is 51.7 Å². The number of carbonyl (C=O) groups excluding carboxylic acids is 3. The van der Waals surface area contributed by atoms with Crippen LogP contribution in [-0.2, 0) is 27.9 Å². The largest absolute Gasteiger partial charge is 0.444 e. The van der Waals surface area contributed by atoms with E-state index in [0.717, 1.165) is 75.3 Å². The number of piperidine rings is 2. The van der Waals surface area contributed by atoms with E-state index in [1.807, 2.05) is 37.8 Å². The van der Waals surface area contributed by atoms with Crippen molar-refractivity contribution in [3.63, 3.8) is 0 Å². The van der Waals surface area contributed by atoms with E-state index in [1.165, 1.54) is 0 Å². The van der Waals surface area contributed by atoms with E-state index in [4.69, 9.17) is 4.74 Å². The van der Waals surface area contributed by atoms with Crippen molar-refractivity contribution in [1.29, 1.82) is 0 Å². The second-order valence-electron chi connectivity index (χ2n) is 12.0. The van der Waals surface area contributed by atoms with Gasteiger partial charge in [-0.2, -0.15) is 0 Å². The Balaban J connectivity index is 1.21. The molecule has 3 fully saturated rings. The summed E-state index contributed by atoms with van der Waals surface area (Å²) in [6, 6.07) is 5.66. The molecular formula is C28H40N6O5. The first-order valence-corrected chi connectivity index (χ1v) is 14.0. The number of aryl methyl sites for hydroxylation is 1. The van der Waals surface area contributed by atoms with Crippen LogP contribution in [-0.4, -0.2) is 92.7 Å². The zero-order valence-electron chi connectivity index (χ0n) is 23.4. The standard InChI is InChI=1S/C28H40N6O5/c1-28(2,3)39-27(38)33-12-10-20(11-13-33)32-16-14-31(15-17-32)18-19-6-5-7-21-24(19)30(4)26(37)34(21)22-8-9-23(35)29-25(22)36/h5-7,20,22H,8-18H2,1-4H3,(H,29,35,36). The fraction of sp³-hybridized carbons (Fsp3) is 0.643. The van der Waals surface area contributed by atoms with Crippen LogP contribution in [0.5, 0.6) is 0 Å². The Morgan fingerprint density at radius 2 is 1.69 bits per heavy atom. The van der Waals surface area contributed by atoms with Gasteiger partial charge in [0, 0.05) is 65.3 Å². The van der Waals surface area contributed by atoms with Gasteiger partial charge in [-0.3, -0.25) is 33.8 Å². The number of nitrogens with zero attached hydrogens (tertiary/aromatic N) is 5. The molecule has 0 radical (unpaired) electrons. The minimum Gasteiger partial charge on any atom is -0.444 e. The van der Waals surface area contributed by atoms with E-state index in [1.54, 1.807) is 16.2 Å². The van der Waals surface area contributed by atoms with Crippen molar-refractivity contribution in [3.05, 3.63) is 34.2 Å². The number of benzene rings is 1. The number of amides is 3. The summed E-state index contributed by atoms with van der Waals surface area (Å²) in [7, 11) is 1.75. The molecule has 0 bridgehead atoms. The van der Waals surface area contributed by atoms with Crippen LogP contribution in [0.25, 0.3) is 11.0 Å². The van der Waals surface area contributed by atoms with E-state index >= 15 is 0 Å². The highest BCUT2D eigenvalue weighted by Gasteiger charge is 2.33. The molecule has 4 heterocycles. The number of likely N-dealkylation sites (tertiary alicyclic amines) is 1. The smallest absolute Gasteiger partial charge is 0.410 e. The summed E-state index contributed by atoms with van der Waals surface area (Å²) in [5.41, 5.74) is 1.90. The van der Waals surface area contributed by atoms with Crippen molar-refractivity contribution < 1.29 is 19.1 Å². The van der Waals surface area contributed by atoms with Crippen molar-refractivity contribution in [1.82, 2.24) is 29.2 Å². The second kappa shape index (κ2) is 10.8. The van der Waals surface area contributed by atoms with Crippen LogP contribution in [0.15, 0.2) is 23.0 Å². The molecule has 11 heteroatoms. The van der Waals surface area contributed by atoms with Gasteiger partial charge in [-0.15, -0.1) is 0 Å². The average molecular weight is 541 g/mol. The minimum atomic E-state index is -0.681. The average Bonchev–Trinajstić information content (AvgIpc) is 3.14. The molecule has 1 aromatic heterocycles. The van der Waals surface area contributed by atoms with E-state index in [0.29, 0.717) is 12.5 Å². The third-order valence-electron chi connectivity index (χ3n) is 8.14. The topological polar surface area (TPSA) is 109 Å². The highest BCUT2D eigenvalue weighted by molar-refractivity contribution is 6.00. The molecule has 3 aliphatic rings. The fourth-order valence-corrected chi connectivity index (χ4v) is 6.14. The molecule has 1 aromatic carbocycles. The van der Waals surface area contributed by atoms with Crippen LogP contribution in [0.3, 0.4) is 0 Å². The number of nitrogens with one attached hydrogen (secondary N) is 1. The number of aromatic nitrogens is 2. The van der Waals surface area contributed by atoms with E-state index in [9.17, 15) is 19.2 Å². The lowest BCUT2D eigenvalue weighted by molar-refractivity contribution is -0.135. The molecule has 2 aromatic rings. The molecule has 1 atom stereocenters. The number of rotatable bonds is 4. The number of imide groups is 1. The summed E-state index contributed by atoms with van der Waals surface area (Å²) in [5.74, 6) is -0.711. The maximum Gasteiger partial charge on any atom is 0.410 e. The van der Waals surface area contributed by atoms with Crippen molar-refractivity contribution in [2.75, 3.05) is 39.3 Å². The molecule has 0 saturated carbocycles. The maximum absolute atomic E-state index is 13.2. The zero-order valence-corrected chi connectivity index (χ0v) is 23.4. The number of hydrogen-bond donors (Lipinski definition) is 1. The number of ether oxygens (including phenoxy) is 1. The second-order valence-corrected chi connectivity index (χ2v) is 12.0. The minimum absolute atomic E-state index is 0.221. The van der Waals surface area contributed by atoms with Gasteiger partial charge in [0.15, 0.2) is 0 Å². The van der Waals surface area contributed by atoms with Crippen LogP contribution in [0.4, 0.5) is 4.79 Å². The summed E-state index contributed by atoms with van der Waals surface area (Å²) in [4.78, 5) is 56.6. The molecule has 3 amide bonds. The van der Waals surface area contributed by atoms with Gasteiger partial charge in [0.1, 0.15) is 11.6 Å². The van der Waals surface area contributed by atoms with Gasteiger partial charge in [0.25, 0.3) is 0 Å². The van der Waals surface area contributed by atoms with Gasteiger partial charge in [-0.25, -0.2) is 9.59 Å². The number of imidazole rings is 1. The Hall–Kier alpha value is -3.18. The summed E-state index contributed by atoms with van der Waals surface area (Å²) >= 11 is 0. The normalized spacial score (nSPS) is 22.4. The Labute approximate surface area is 228 Å². The summed E-state index contributed by atoms with van der Waals surface area (Å²) in [6.45, 7) is 11.6. The summed E-state index contributed by atoms with van der Waals surface area (Å²) < 4.78 is 8.70. The lowest BCUT2D eigenvalue weighted by Crippen LogP contribution is -2.53. The Morgan fingerprint density at radius 3 is 2.33 bits per heavy atom. The molecule has 1 N–H and O–H groups in total. The number of piperazine rings is 1. The Morgan fingerprint density at radius 1 is 1.00 bits per heavy atom. The molecule has 5 rings (SSSR count). The third kappa shape index (κ3) is 5.74. The van der Waals surface area contributed by atoms with Crippen LogP contribution < -0.4 is 11.0 Å². The number of hydrogen-bond acceptors (Lipinski definition) is 7. The first-order chi connectivity index (χ1) is 18.5. The fourth-order valence-electron chi connectivity index (χ4n) is 6.14. The maximum atomic E-state index is 13.2. The first kappa shape index (κ1) is 27.4. The number of fused-ring (bicyclic) bond motifs is 1. The van der Waals surface area contributed by atoms with Gasteiger partial charge < -0.3 is 9.64 Å². The highest BCUT2D eigenvalue weighted by Crippen LogP contribution is 2.26. The first-order valence-electron chi connectivity index (χ1n) is 14.0. The quantitative estimate of drug-likeness (QED) is 0.590. The molecular weight excluding hydrogens is 500 g/mol.